The summed E-state index contributed by atoms with van der Waals surface area (Å²) in [6, 6.07) is 15.5. The summed E-state index contributed by atoms with van der Waals surface area (Å²) in [6.07, 6.45) is 2.39. The number of primary sulfonamides is 1. The van der Waals surface area contributed by atoms with Crippen molar-refractivity contribution in [2.24, 2.45) is 5.14 Å². The fourth-order valence-electron chi connectivity index (χ4n) is 2.95. The Morgan fingerprint density at radius 1 is 1.09 bits per heavy atom. The van der Waals surface area contributed by atoms with Crippen molar-refractivity contribution in [3.8, 4) is 22.2 Å². The number of nitrogens with zero attached hydrogens (tertiary/aromatic N) is 3. The molecule has 164 valence electrons. The Labute approximate surface area is 190 Å². The maximum Gasteiger partial charge on any atom is 0.238 e. The van der Waals surface area contributed by atoms with E-state index in [4.69, 9.17) is 14.9 Å². The number of hydrogen-bond donors (Lipinski definition) is 2. The number of nitrogens with one attached hydrogen (secondary N) is 1. The number of anilines is 2. The number of aromatic nitrogens is 3. The second-order valence-electron chi connectivity index (χ2n) is 6.94. The zero-order chi connectivity index (χ0) is 22.7. The van der Waals surface area contributed by atoms with E-state index in [0.717, 1.165) is 22.8 Å². The van der Waals surface area contributed by atoms with E-state index in [2.05, 4.69) is 15.3 Å². The van der Waals surface area contributed by atoms with Gasteiger partial charge in [0, 0.05) is 23.6 Å². The molecular weight excluding hydrogens is 446 g/mol. The summed E-state index contributed by atoms with van der Waals surface area (Å²) in [5.41, 5.74) is 2.89. The van der Waals surface area contributed by atoms with Gasteiger partial charge in [-0.2, -0.15) is 0 Å². The fourth-order valence-corrected chi connectivity index (χ4v) is 4.39. The zero-order valence-corrected chi connectivity index (χ0v) is 19.1. The van der Waals surface area contributed by atoms with Crippen LogP contribution in [-0.2, 0) is 16.4 Å². The Bertz CT molecular complexity index is 1370. The van der Waals surface area contributed by atoms with Crippen molar-refractivity contribution in [2.45, 2.75) is 25.2 Å². The summed E-state index contributed by atoms with van der Waals surface area (Å²) in [7, 11) is -3.80. The number of benzene rings is 1. The van der Waals surface area contributed by atoms with Gasteiger partial charge in [-0.1, -0.05) is 30.4 Å². The van der Waals surface area contributed by atoms with E-state index in [-0.39, 0.29) is 4.90 Å². The maximum absolute atomic E-state index is 11.6. The van der Waals surface area contributed by atoms with Gasteiger partial charge in [0.15, 0.2) is 0 Å². The molecule has 4 rings (SSSR count). The molecule has 0 aliphatic carbocycles. The van der Waals surface area contributed by atoms with Crippen molar-refractivity contribution in [3.05, 3.63) is 71.5 Å². The van der Waals surface area contributed by atoms with E-state index in [9.17, 15) is 8.42 Å². The first-order valence-corrected chi connectivity index (χ1v) is 12.2. The highest BCUT2D eigenvalue weighted by Gasteiger charge is 2.16. The van der Waals surface area contributed by atoms with Crippen LogP contribution in [0.5, 0.6) is 10.8 Å². The van der Waals surface area contributed by atoms with Crippen LogP contribution in [0.15, 0.2) is 65.7 Å². The highest BCUT2D eigenvalue weighted by Crippen LogP contribution is 2.38. The van der Waals surface area contributed by atoms with Gasteiger partial charge in [0.05, 0.1) is 15.6 Å². The van der Waals surface area contributed by atoms with Crippen molar-refractivity contribution in [1.82, 2.24) is 15.0 Å². The molecule has 4 aromatic rings. The number of sulfonamides is 1. The minimum absolute atomic E-state index is 0.0157. The van der Waals surface area contributed by atoms with E-state index in [1.807, 2.05) is 32.0 Å². The lowest BCUT2D eigenvalue weighted by molar-refractivity contribution is 0.496. The van der Waals surface area contributed by atoms with Crippen LogP contribution in [0.25, 0.3) is 11.4 Å². The van der Waals surface area contributed by atoms with E-state index in [1.54, 1.807) is 30.5 Å². The summed E-state index contributed by atoms with van der Waals surface area (Å²) in [4.78, 5) is 13.6. The molecule has 3 N–H and O–H groups in total. The molecule has 0 amide bonds. The summed E-state index contributed by atoms with van der Waals surface area (Å²) in [6.45, 7) is 3.98. The second kappa shape index (κ2) is 9.03. The zero-order valence-electron chi connectivity index (χ0n) is 17.4. The molecule has 0 radical (unpaired) electrons. The smallest absolute Gasteiger partial charge is 0.238 e. The molecule has 0 saturated carbocycles. The van der Waals surface area contributed by atoms with Gasteiger partial charge in [-0.05, 0) is 49.7 Å². The van der Waals surface area contributed by atoms with Gasteiger partial charge in [-0.3, -0.25) is 4.98 Å². The Morgan fingerprint density at radius 3 is 2.66 bits per heavy atom. The predicted octanol–water partition coefficient (Wildman–Crippen LogP) is 4.65. The van der Waals surface area contributed by atoms with Crippen LogP contribution in [0.4, 0.5) is 11.5 Å². The van der Waals surface area contributed by atoms with E-state index < -0.39 is 10.0 Å². The lowest BCUT2D eigenvalue weighted by Gasteiger charge is -2.09. The molecular formula is C22H21N5O3S2. The van der Waals surface area contributed by atoms with Crippen molar-refractivity contribution in [3.63, 3.8) is 0 Å². The average Bonchev–Trinajstić information content (AvgIpc) is 3.16. The standard InChI is InChI=1S/C22H21N5O3S2/c1-3-20-27-21(18-9-4-6-14(2)25-18)22(31-20)30-16-10-11-24-19(13-16)26-15-7-5-8-17(12-15)32(23,28)29/h4-13H,3H2,1-2H3,(H,24,26)(H2,23,28,29). The van der Waals surface area contributed by atoms with Crippen molar-refractivity contribution in [2.75, 3.05) is 5.32 Å². The van der Waals surface area contributed by atoms with Crippen LogP contribution < -0.4 is 15.2 Å². The van der Waals surface area contributed by atoms with Gasteiger partial charge < -0.3 is 10.1 Å². The number of rotatable bonds is 7. The van der Waals surface area contributed by atoms with Gasteiger partial charge in [0.25, 0.3) is 0 Å². The first-order chi connectivity index (χ1) is 15.3. The van der Waals surface area contributed by atoms with Crippen molar-refractivity contribution in [1.29, 1.82) is 0 Å². The molecule has 0 unspecified atom stereocenters. The third-order valence-corrected chi connectivity index (χ3v) is 6.44. The monoisotopic (exact) mass is 467 g/mol. The Morgan fingerprint density at radius 2 is 1.91 bits per heavy atom. The molecule has 0 aliphatic heterocycles. The molecule has 3 heterocycles. The molecule has 1 aromatic carbocycles. The Hall–Kier alpha value is -3.34. The molecule has 0 spiro atoms. The number of nitrogens with two attached hydrogens (primary N) is 1. The predicted molar refractivity (Wildman–Crippen MR) is 125 cm³/mol. The van der Waals surface area contributed by atoms with Gasteiger partial charge in [-0.15, -0.1) is 0 Å². The molecule has 0 fully saturated rings. The number of ether oxygens (including phenoxy) is 1. The first-order valence-electron chi connectivity index (χ1n) is 9.79. The Kier molecular flexibility index (Phi) is 6.17. The lowest BCUT2D eigenvalue weighted by atomic mass is 10.2. The molecule has 0 saturated heterocycles. The summed E-state index contributed by atoms with van der Waals surface area (Å²) in [5, 5.41) is 9.89. The van der Waals surface area contributed by atoms with Crippen molar-refractivity contribution >= 4 is 32.9 Å². The molecule has 32 heavy (non-hydrogen) atoms. The number of hydrogen-bond acceptors (Lipinski definition) is 8. The second-order valence-corrected chi connectivity index (χ2v) is 9.55. The summed E-state index contributed by atoms with van der Waals surface area (Å²) < 4.78 is 29.4. The van der Waals surface area contributed by atoms with Crippen molar-refractivity contribution < 1.29 is 13.2 Å². The molecule has 0 bridgehead atoms. The van der Waals surface area contributed by atoms with Crippen LogP contribution in [-0.4, -0.2) is 23.4 Å². The third kappa shape index (κ3) is 5.10. The number of pyridine rings is 2. The van der Waals surface area contributed by atoms with Crippen LogP contribution in [0.3, 0.4) is 0 Å². The average molecular weight is 468 g/mol. The lowest BCUT2D eigenvalue weighted by Crippen LogP contribution is -2.12. The van der Waals surface area contributed by atoms with Gasteiger partial charge in [0.1, 0.15) is 17.3 Å². The van der Waals surface area contributed by atoms with Crippen LogP contribution in [0.1, 0.15) is 17.6 Å². The molecule has 10 heteroatoms. The normalized spacial score (nSPS) is 11.3. The Balaban J connectivity index is 1.61. The molecule has 8 nitrogen and oxygen atoms in total. The van der Waals surface area contributed by atoms with Gasteiger partial charge in [0.2, 0.25) is 15.1 Å². The summed E-state index contributed by atoms with van der Waals surface area (Å²) in [5.74, 6) is 1.05. The van der Waals surface area contributed by atoms with Crippen LogP contribution >= 0.6 is 11.3 Å². The summed E-state index contributed by atoms with van der Waals surface area (Å²) >= 11 is 1.47. The van der Waals surface area contributed by atoms with E-state index >= 15 is 0 Å². The minimum atomic E-state index is -3.80. The van der Waals surface area contributed by atoms with Crippen LogP contribution in [0, 0.1) is 6.92 Å². The van der Waals surface area contributed by atoms with Gasteiger partial charge in [-0.25, -0.2) is 23.5 Å². The molecule has 0 atom stereocenters. The van der Waals surface area contributed by atoms with E-state index in [0.29, 0.717) is 28.0 Å². The highest BCUT2D eigenvalue weighted by molar-refractivity contribution is 7.89. The number of aryl methyl sites for hydroxylation is 2. The van der Waals surface area contributed by atoms with E-state index in [1.165, 1.54) is 23.5 Å². The molecule has 3 aromatic heterocycles. The largest absolute Gasteiger partial charge is 0.444 e. The topological polar surface area (TPSA) is 120 Å². The SMILES string of the molecule is CCc1nc(-c2cccc(C)n2)c(Oc2ccnc(Nc3cccc(S(N)(=O)=O)c3)c2)s1. The fraction of sp³-hybridized carbons (Fsp3) is 0.136. The highest BCUT2D eigenvalue weighted by atomic mass is 32.2. The third-order valence-electron chi connectivity index (χ3n) is 4.45. The quantitative estimate of drug-likeness (QED) is 0.406. The first kappa shape index (κ1) is 21.9. The maximum atomic E-state index is 11.6. The number of thiazole rings is 1. The van der Waals surface area contributed by atoms with Crippen LogP contribution in [0.2, 0.25) is 0 Å². The molecule has 0 aliphatic rings. The minimum Gasteiger partial charge on any atom is -0.444 e. The van der Waals surface area contributed by atoms with Gasteiger partial charge >= 0.3 is 0 Å².